The van der Waals surface area contributed by atoms with Crippen molar-refractivity contribution in [3.05, 3.63) is 29.3 Å². The summed E-state index contributed by atoms with van der Waals surface area (Å²) in [6.45, 7) is 4.34. The third-order valence-electron chi connectivity index (χ3n) is 9.29. The lowest BCUT2D eigenvalue weighted by Crippen LogP contribution is -2.43. The van der Waals surface area contributed by atoms with Crippen LogP contribution in [0.5, 0.6) is 5.75 Å². The summed E-state index contributed by atoms with van der Waals surface area (Å²) < 4.78 is 40.5. The fourth-order valence-electron chi connectivity index (χ4n) is 7.18. The lowest BCUT2D eigenvalue weighted by Gasteiger charge is -2.43. The normalized spacial score (nSPS) is 34.0. The van der Waals surface area contributed by atoms with Crippen molar-refractivity contribution in [1.82, 2.24) is 0 Å². The van der Waals surface area contributed by atoms with Crippen molar-refractivity contribution < 1.29 is 23.4 Å². The molecule has 1 N–H and O–H groups in total. The first kappa shape index (κ1) is 26.9. The van der Waals surface area contributed by atoms with Crippen LogP contribution in [-0.2, 0) is 4.74 Å². The highest BCUT2D eigenvalue weighted by Crippen LogP contribution is 2.46. The van der Waals surface area contributed by atoms with E-state index in [0.29, 0.717) is 24.0 Å². The minimum Gasteiger partial charge on any atom is -0.491 e. The van der Waals surface area contributed by atoms with Crippen molar-refractivity contribution >= 4 is 0 Å². The molecule has 4 rings (SSSR count). The van der Waals surface area contributed by atoms with Gasteiger partial charge in [0.2, 0.25) is 5.82 Å². The number of ether oxygens (including phenoxy) is 2. The quantitative estimate of drug-likeness (QED) is 0.354. The van der Waals surface area contributed by atoms with Crippen molar-refractivity contribution in [2.75, 3.05) is 6.61 Å². The highest BCUT2D eigenvalue weighted by Gasteiger charge is 2.40. The van der Waals surface area contributed by atoms with Crippen molar-refractivity contribution in [2.45, 2.75) is 122 Å². The first-order chi connectivity index (χ1) is 17.0. The predicted octanol–water partition coefficient (Wildman–Crippen LogP) is 8.14. The number of hydrogen-bond acceptors (Lipinski definition) is 3. The highest BCUT2D eigenvalue weighted by atomic mass is 19.2. The van der Waals surface area contributed by atoms with E-state index in [4.69, 9.17) is 9.47 Å². The standard InChI is InChI=1S/C30H46F2O3/c1-3-5-6-7-20-8-10-23(11-9-20)26-18-17-25(30(33)35-26)22-14-12-21(13-15-22)24-16-19-27(34-4-2)29(32)28(24)31/h16,19-23,25-26,30,33H,3-15,17-18H2,1-2H3/t20?,21?,22?,23?,25-,26+,30+/m0/s1. The average molecular weight is 493 g/mol. The maximum atomic E-state index is 14.7. The van der Waals surface area contributed by atoms with E-state index >= 15 is 0 Å². The first-order valence-electron chi connectivity index (χ1n) is 14.5. The third-order valence-corrected chi connectivity index (χ3v) is 9.29. The van der Waals surface area contributed by atoms with Crippen LogP contribution >= 0.6 is 0 Å². The van der Waals surface area contributed by atoms with Gasteiger partial charge in [0.15, 0.2) is 17.9 Å². The second-order valence-corrected chi connectivity index (χ2v) is 11.4. The lowest BCUT2D eigenvalue weighted by atomic mass is 9.70. The number of benzene rings is 1. The van der Waals surface area contributed by atoms with Crippen LogP contribution in [0.1, 0.15) is 115 Å². The van der Waals surface area contributed by atoms with Gasteiger partial charge in [0, 0.05) is 5.92 Å². The van der Waals surface area contributed by atoms with Gasteiger partial charge in [-0.3, -0.25) is 0 Å². The van der Waals surface area contributed by atoms with Crippen molar-refractivity contribution in [3.63, 3.8) is 0 Å². The zero-order chi connectivity index (χ0) is 24.8. The van der Waals surface area contributed by atoms with E-state index in [2.05, 4.69) is 6.92 Å². The van der Waals surface area contributed by atoms with Gasteiger partial charge in [-0.25, -0.2) is 4.39 Å². The van der Waals surface area contributed by atoms with Gasteiger partial charge in [-0.05, 0) is 93.6 Å². The molecule has 3 aliphatic rings. The largest absolute Gasteiger partial charge is 0.491 e. The van der Waals surface area contributed by atoms with Crippen LogP contribution in [-0.4, -0.2) is 24.1 Å². The molecule has 0 amide bonds. The Kier molecular flexibility index (Phi) is 9.86. The molecule has 0 radical (unpaired) electrons. The summed E-state index contributed by atoms with van der Waals surface area (Å²) in [5.74, 6) is 0.436. The van der Waals surface area contributed by atoms with Gasteiger partial charge < -0.3 is 14.6 Å². The highest BCUT2D eigenvalue weighted by molar-refractivity contribution is 5.33. The fraction of sp³-hybridized carbons (Fsp3) is 0.800. The second-order valence-electron chi connectivity index (χ2n) is 11.4. The molecular weight excluding hydrogens is 446 g/mol. The first-order valence-corrected chi connectivity index (χ1v) is 14.5. The second kappa shape index (κ2) is 12.9. The van der Waals surface area contributed by atoms with E-state index in [1.807, 2.05) is 0 Å². The zero-order valence-corrected chi connectivity index (χ0v) is 21.8. The van der Waals surface area contributed by atoms with Crippen molar-refractivity contribution in [1.29, 1.82) is 0 Å². The van der Waals surface area contributed by atoms with E-state index in [0.717, 1.165) is 44.4 Å². The maximum absolute atomic E-state index is 14.7. The molecule has 3 nitrogen and oxygen atoms in total. The Morgan fingerprint density at radius 3 is 2.23 bits per heavy atom. The molecule has 1 aromatic carbocycles. The van der Waals surface area contributed by atoms with E-state index in [1.54, 1.807) is 19.1 Å². The smallest absolute Gasteiger partial charge is 0.200 e. The summed E-state index contributed by atoms with van der Waals surface area (Å²) in [6, 6.07) is 3.25. The molecule has 2 saturated carbocycles. The number of aliphatic hydroxyl groups excluding tert-OH is 1. The Bertz CT molecular complexity index is 784. The third kappa shape index (κ3) is 6.57. The van der Waals surface area contributed by atoms with Crippen LogP contribution in [0.15, 0.2) is 12.1 Å². The molecule has 1 aliphatic heterocycles. The van der Waals surface area contributed by atoms with Gasteiger partial charge in [0.1, 0.15) is 0 Å². The molecule has 1 heterocycles. The van der Waals surface area contributed by atoms with Gasteiger partial charge in [-0.1, -0.05) is 51.5 Å². The monoisotopic (exact) mass is 492 g/mol. The van der Waals surface area contributed by atoms with E-state index in [9.17, 15) is 13.9 Å². The fourth-order valence-corrected chi connectivity index (χ4v) is 7.18. The molecule has 35 heavy (non-hydrogen) atoms. The molecule has 2 aliphatic carbocycles. The lowest BCUT2D eigenvalue weighted by molar-refractivity contribution is -0.221. The minimum absolute atomic E-state index is 0.00977. The number of halogens is 2. The number of rotatable bonds is 9. The van der Waals surface area contributed by atoms with Crippen LogP contribution in [0.2, 0.25) is 0 Å². The molecular formula is C30H46F2O3. The Balaban J connectivity index is 1.23. The molecule has 1 aromatic rings. The van der Waals surface area contributed by atoms with E-state index in [-0.39, 0.29) is 23.7 Å². The van der Waals surface area contributed by atoms with E-state index in [1.165, 1.54) is 51.4 Å². The molecule has 1 saturated heterocycles. The summed E-state index contributed by atoms with van der Waals surface area (Å²) in [6.07, 6.45) is 15.6. The predicted molar refractivity (Wildman–Crippen MR) is 135 cm³/mol. The molecule has 0 aromatic heterocycles. The number of hydrogen-bond donors (Lipinski definition) is 1. The molecule has 3 atom stereocenters. The average Bonchev–Trinajstić information content (AvgIpc) is 2.88. The molecule has 0 unspecified atom stereocenters. The Hall–Kier alpha value is -1.20. The number of aliphatic hydroxyl groups is 1. The van der Waals surface area contributed by atoms with Gasteiger partial charge in [0.05, 0.1) is 12.7 Å². The van der Waals surface area contributed by atoms with Gasteiger partial charge >= 0.3 is 0 Å². The number of unbranched alkanes of at least 4 members (excludes halogenated alkanes) is 2. The molecule has 0 spiro atoms. The van der Waals surface area contributed by atoms with Crippen LogP contribution in [0.25, 0.3) is 0 Å². The molecule has 198 valence electrons. The Labute approximate surface area is 211 Å². The summed E-state index contributed by atoms with van der Waals surface area (Å²) in [4.78, 5) is 0. The summed E-state index contributed by atoms with van der Waals surface area (Å²) in [5, 5.41) is 10.9. The van der Waals surface area contributed by atoms with Gasteiger partial charge in [-0.15, -0.1) is 0 Å². The minimum atomic E-state index is -0.872. The van der Waals surface area contributed by atoms with Crippen LogP contribution in [0.4, 0.5) is 8.78 Å². The van der Waals surface area contributed by atoms with Crippen LogP contribution in [0.3, 0.4) is 0 Å². The molecule has 3 fully saturated rings. The Morgan fingerprint density at radius 1 is 0.857 bits per heavy atom. The van der Waals surface area contributed by atoms with Crippen LogP contribution in [0, 0.1) is 35.3 Å². The summed E-state index contributed by atoms with van der Waals surface area (Å²) >= 11 is 0. The maximum Gasteiger partial charge on any atom is 0.200 e. The molecule has 5 heteroatoms. The van der Waals surface area contributed by atoms with Gasteiger partial charge in [0.25, 0.3) is 0 Å². The van der Waals surface area contributed by atoms with Crippen LogP contribution < -0.4 is 4.74 Å². The zero-order valence-electron chi connectivity index (χ0n) is 21.8. The van der Waals surface area contributed by atoms with Crippen molar-refractivity contribution in [3.8, 4) is 5.75 Å². The van der Waals surface area contributed by atoms with E-state index < -0.39 is 17.9 Å². The summed E-state index contributed by atoms with van der Waals surface area (Å²) in [7, 11) is 0. The van der Waals surface area contributed by atoms with Gasteiger partial charge in [-0.2, -0.15) is 4.39 Å². The summed E-state index contributed by atoms with van der Waals surface area (Å²) in [5.41, 5.74) is 0.468. The Morgan fingerprint density at radius 2 is 1.57 bits per heavy atom. The SMILES string of the molecule is CCCCCC1CCC([C@H]2CC[C@@H](C3CCC(c4ccc(OCC)c(F)c4F)CC3)[C@H](O)O2)CC1. The van der Waals surface area contributed by atoms with Crippen molar-refractivity contribution in [2.24, 2.45) is 23.7 Å². The molecule has 0 bridgehead atoms. The topological polar surface area (TPSA) is 38.7 Å².